The summed E-state index contributed by atoms with van der Waals surface area (Å²) in [4.78, 5) is 0. The van der Waals surface area contributed by atoms with Gasteiger partial charge in [-0.3, -0.25) is 0 Å². The first-order chi connectivity index (χ1) is 11.8. The van der Waals surface area contributed by atoms with Crippen molar-refractivity contribution in [1.29, 1.82) is 0 Å². The molecule has 0 radical (unpaired) electrons. The second-order valence-electron chi connectivity index (χ2n) is 10.7. The lowest BCUT2D eigenvalue weighted by Crippen LogP contribution is -2.73. The molecule has 0 aromatic heterocycles. The van der Waals surface area contributed by atoms with Gasteiger partial charge in [-0.25, -0.2) is 0 Å². The Kier molecular flexibility index (Phi) is 4.34. The van der Waals surface area contributed by atoms with E-state index in [2.05, 4.69) is 20.8 Å². The van der Waals surface area contributed by atoms with Crippen molar-refractivity contribution >= 4 is 0 Å². The van der Waals surface area contributed by atoms with Gasteiger partial charge in [0, 0.05) is 12.1 Å². The average molecular weight is 350 g/mol. The summed E-state index contributed by atoms with van der Waals surface area (Å²) in [6, 6.07) is 0. The van der Waals surface area contributed by atoms with Gasteiger partial charge in [0.05, 0.1) is 6.10 Å². The minimum atomic E-state index is -0.417. The molecule has 6 unspecified atom stereocenters. The molecule has 4 aliphatic carbocycles. The first-order valence-corrected chi connectivity index (χ1v) is 10.9. The molecule has 0 aliphatic heterocycles. The first kappa shape index (κ1) is 18.3. The monoisotopic (exact) mass is 349 g/mol. The van der Waals surface area contributed by atoms with E-state index in [1.165, 1.54) is 44.9 Å². The smallest absolute Gasteiger partial charge is 0.0728 e. The highest BCUT2D eigenvalue weighted by Gasteiger charge is 2.68. The van der Waals surface area contributed by atoms with E-state index in [0.717, 1.165) is 12.8 Å². The molecule has 0 heterocycles. The molecular weight excluding hydrogens is 310 g/mol. The molecule has 3 nitrogen and oxygen atoms in total. The van der Waals surface area contributed by atoms with Crippen LogP contribution in [0.5, 0.6) is 0 Å². The Morgan fingerprint density at radius 1 is 1.00 bits per heavy atom. The van der Waals surface area contributed by atoms with Gasteiger partial charge in [-0.1, -0.05) is 33.6 Å². The van der Waals surface area contributed by atoms with Gasteiger partial charge < -0.3 is 15.9 Å². The van der Waals surface area contributed by atoms with Crippen molar-refractivity contribution in [2.45, 2.75) is 90.2 Å². The minimum absolute atomic E-state index is 0.187. The van der Waals surface area contributed by atoms with Gasteiger partial charge in [-0.05, 0) is 85.4 Å². The van der Waals surface area contributed by atoms with Crippen molar-refractivity contribution in [2.24, 2.45) is 46.2 Å². The van der Waals surface area contributed by atoms with E-state index in [0.29, 0.717) is 35.0 Å². The summed E-state index contributed by atoms with van der Waals surface area (Å²) in [5.74, 6) is 2.43. The number of nitrogens with two attached hydrogens (primary N) is 1. The highest BCUT2D eigenvalue weighted by molar-refractivity contribution is 5.21. The third-order valence-electron chi connectivity index (χ3n) is 9.89. The van der Waals surface area contributed by atoms with Gasteiger partial charge in [0.15, 0.2) is 0 Å². The van der Waals surface area contributed by atoms with E-state index in [1.807, 2.05) is 0 Å². The van der Waals surface area contributed by atoms with Gasteiger partial charge in [-0.15, -0.1) is 0 Å². The summed E-state index contributed by atoms with van der Waals surface area (Å²) >= 11 is 0. The normalized spacial score (nSPS) is 56.6. The maximum absolute atomic E-state index is 11.3. The Morgan fingerprint density at radius 3 is 2.44 bits per heavy atom. The number of hydrogen-bond acceptors (Lipinski definition) is 3. The van der Waals surface area contributed by atoms with Crippen molar-refractivity contribution in [2.75, 3.05) is 6.61 Å². The van der Waals surface area contributed by atoms with Crippen molar-refractivity contribution in [3.05, 3.63) is 0 Å². The summed E-state index contributed by atoms with van der Waals surface area (Å²) in [6.07, 6.45) is 10.5. The van der Waals surface area contributed by atoms with E-state index in [1.54, 1.807) is 0 Å². The van der Waals surface area contributed by atoms with Crippen LogP contribution in [0.3, 0.4) is 0 Å². The standard InChI is InChI=1S/C22H39NO2/c1-14(13-24)16-7-8-17-21(16,3)11-9-18-20(2)10-5-4-6-15(20)12-19(25)22(17,18)23/h14-19,24-25H,4-13,23H2,1-3H3/t14-,15?,16?,17?,18?,19-,20?,21?,22-/m1/s1. The Morgan fingerprint density at radius 2 is 1.72 bits per heavy atom. The predicted octanol–water partition coefficient (Wildman–Crippen LogP) is 3.72. The van der Waals surface area contributed by atoms with Crippen LogP contribution in [-0.2, 0) is 0 Å². The molecule has 144 valence electrons. The fourth-order valence-electron chi connectivity index (χ4n) is 8.57. The maximum Gasteiger partial charge on any atom is 0.0728 e. The zero-order chi connectivity index (χ0) is 18.0. The summed E-state index contributed by atoms with van der Waals surface area (Å²) in [5.41, 5.74) is 7.36. The number of hydrogen-bond donors (Lipinski definition) is 3. The van der Waals surface area contributed by atoms with Crippen LogP contribution in [0.2, 0.25) is 0 Å². The molecule has 9 atom stereocenters. The van der Waals surface area contributed by atoms with Crippen LogP contribution in [-0.4, -0.2) is 28.5 Å². The Bertz CT molecular complexity index is 524. The second-order valence-corrected chi connectivity index (χ2v) is 10.7. The third-order valence-corrected chi connectivity index (χ3v) is 9.89. The lowest BCUT2D eigenvalue weighted by atomic mass is 9.41. The molecule has 4 rings (SSSR count). The van der Waals surface area contributed by atoms with Gasteiger partial charge in [-0.2, -0.15) is 0 Å². The fourth-order valence-corrected chi connectivity index (χ4v) is 8.57. The lowest BCUT2D eigenvalue weighted by Gasteiger charge is -2.66. The van der Waals surface area contributed by atoms with Crippen LogP contribution in [0, 0.1) is 40.4 Å². The Labute approximate surface area is 153 Å². The molecule has 4 fully saturated rings. The van der Waals surface area contributed by atoms with Crippen molar-refractivity contribution < 1.29 is 10.2 Å². The minimum Gasteiger partial charge on any atom is -0.396 e. The van der Waals surface area contributed by atoms with Crippen LogP contribution in [0.25, 0.3) is 0 Å². The number of fused-ring (bicyclic) bond motifs is 5. The molecule has 4 aliphatic rings. The fraction of sp³-hybridized carbons (Fsp3) is 1.00. The highest BCUT2D eigenvalue weighted by Crippen LogP contribution is 2.68. The van der Waals surface area contributed by atoms with Crippen LogP contribution in [0.15, 0.2) is 0 Å². The summed E-state index contributed by atoms with van der Waals surface area (Å²) in [6.45, 7) is 7.40. The van der Waals surface area contributed by atoms with E-state index in [-0.39, 0.29) is 18.1 Å². The first-order valence-electron chi connectivity index (χ1n) is 10.9. The molecular formula is C22H39NO2. The molecule has 0 bridgehead atoms. The summed E-state index contributed by atoms with van der Waals surface area (Å²) in [7, 11) is 0. The van der Waals surface area contributed by atoms with E-state index < -0.39 is 5.54 Å². The number of rotatable bonds is 2. The van der Waals surface area contributed by atoms with Gasteiger partial charge in [0.2, 0.25) is 0 Å². The molecule has 25 heavy (non-hydrogen) atoms. The van der Waals surface area contributed by atoms with Gasteiger partial charge in [0.1, 0.15) is 0 Å². The quantitative estimate of drug-likeness (QED) is 0.712. The van der Waals surface area contributed by atoms with E-state index >= 15 is 0 Å². The molecule has 4 saturated carbocycles. The van der Waals surface area contributed by atoms with Crippen molar-refractivity contribution in [1.82, 2.24) is 0 Å². The van der Waals surface area contributed by atoms with Crippen molar-refractivity contribution in [3.63, 3.8) is 0 Å². The highest BCUT2D eigenvalue weighted by atomic mass is 16.3. The average Bonchev–Trinajstić information content (AvgIpc) is 2.94. The molecule has 4 N–H and O–H groups in total. The molecule has 3 heteroatoms. The predicted molar refractivity (Wildman–Crippen MR) is 101 cm³/mol. The Balaban J connectivity index is 1.71. The van der Waals surface area contributed by atoms with Gasteiger partial charge >= 0.3 is 0 Å². The molecule has 0 saturated heterocycles. The van der Waals surface area contributed by atoms with Crippen LogP contribution in [0.4, 0.5) is 0 Å². The molecule has 0 aromatic rings. The maximum atomic E-state index is 11.3. The van der Waals surface area contributed by atoms with Crippen molar-refractivity contribution in [3.8, 4) is 0 Å². The lowest BCUT2D eigenvalue weighted by molar-refractivity contribution is -0.179. The van der Waals surface area contributed by atoms with Crippen LogP contribution < -0.4 is 5.73 Å². The van der Waals surface area contributed by atoms with Gasteiger partial charge in [0.25, 0.3) is 0 Å². The van der Waals surface area contributed by atoms with E-state index in [4.69, 9.17) is 5.73 Å². The summed E-state index contributed by atoms with van der Waals surface area (Å²) < 4.78 is 0. The molecule has 0 amide bonds. The topological polar surface area (TPSA) is 66.5 Å². The zero-order valence-electron chi connectivity index (χ0n) is 16.5. The number of aliphatic hydroxyl groups is 2. The Hall–Kier alpha value is -0.120. The zero-order valence-corrected chi connectivity index (χ0v) is 16.5. The molecule has 0 aromatic carbocycles. The second kappa shape index (κ2) is 5.94. The van der Waals surface area contributed by atoms with Crippen LogP contribution >= 0.6 is 0 Å². The number of aliphatic hydroxyl groups excluding tert-OH is 2. The third kappa shape index (κ3) is 2.28. The SMILES string of the molecule is C[C@H](CO)C1CCC2C1(C)CCC1C3(C)CCCCC3C[C@@H](O)[C@]12N. The summed E-state index contributed by atoms with van der Waals surface area (Å²) in [5, 5.41) is 21.0. The van der Waals surface area contributed by atoms with E-state index in [9.17, 15) is 10.2 Å². The largest absolute Gasteiger partial charge is 0.396 e. The molecule has 0 spiro atoms. The van der Waals surface area contributed by atoms with Crippen LogP contribution in [0.1, 0.15) is 78.6 Å².